The summed E-state index contributed by atoms with van der Waals surface area (Å²) in [5.74, 6) is -0.921. The average molecular weight is 371 g/mol. The Hall–Kier alpha value is -2.74. The van der Waals surface area contributed by atoms with E-state index < -0.39 is 21.8 Å². The minimum absolute atomic E-state index is 0.0902. The van der Waals surface area contributed by atoms with E-state index in [4.69, 9.17) is 0 Å². The quantitative estimate of drug-likeness (QED) is 0.885. The van der Waals surface area contributed by atoms with Crippen LogP contribution in [-0.2, 0) is 10.0 Å². The van der Waals surface area contributed by atoms with E-state index in [0.29, 0.717) is 18.5 Å². The molecule has 26 heavy (non-hydrogen) atoms. The van der Waals surface area contributed by atoms with Crippen molar-refractivity contribution in [2.24, 2.45) is 0 Å². The Kier molecular flexibility index (Phi) is 3.80. The number of fused-ring (bicyclic) bond motifs is 1. The van der Waals surface area contributed by atoms with Gasteiger partial charge in [-0.1, -0.05) is 6.07 Å². The molecule has 2 heterocycles. The molecule has 0 spiro atoms. The smallest absolute Gasteiger partial charge is 0.269 e. The summed E-state index contributed by atoms with van der Waals surface area (Å²) < 4.78 is 26.3. The van der Waals surface area contributed by atoms with Crippen LogP contribution in [0.15, 0.2) is 47.5 Å². The van der Waals surface area contributed by atoms with Gasteiger partial charge in [-0.25, -0.2) is 12.7 Å². The molecule has 7 nitrogen and oxygen atoms in total. The molecule has 0 unspecified atom stereocenters. The first-order valence-electron chi connectivity index (χ1n) is 8.34. The second-order valence-electron chi connectivity index (χ2n) is 6.50. The number of aromatic nitrogens is 1. The summed E-state index contributed by atoms with van der Waals surface area (Å²) in [6.45, 7) is 1.79. The van der Waals surface area contributed by atoms with Crippen molar-refractivity contribution in [3.8, 4) is 0 Å². The van der Waals surface area contributed by atoms with Gasteiger partial charge in [0.25, 0.3) is 21.8 Å². The van der Waals surface area contributed by atoms with Crippen LogP contribution in [0.3, 0.4) is 0 Å². The maximum atomic E-state index is 12.7. The molecule has 1 atom stereocenters. The maximum Gasteiger partial charge on any atom is 0.269 e. The predicted octanol–water partition coefficient (Wildman–Crippen LogP) is 1.88. The number of carbonyl (C=O) groups is 2. The molecule has 0 radical (unpaired) electrons. The number of pyridine rings is 1. The zero-order chi connectivity index (χ0) is 18.5. The number of nitrogens with one attached hydrogen (secondary N) is 1. The molecule has 1 saturated carbocycles. The van der Waals surface area contributed by atoms with Crippen molar-refractivity contribution in [2.45, 2.75) is 36.7 Å². The van der Waals surface area contributed by atoms with Crippen molar-refractivity contribution in [3.05, 3.63) is 59.4 Å². The zero-order valence-corrected chi connectivity index (χ0v) is 14.9. The third kappa shape index (κ3) is 2.66. The Morgan fingerprint density at radius 2 is 2.04 bits per heavy atom. The highest BCUT2D eigenvalue weighted by Crippen LogP contribution is 2.39. The van der Waals surface area contributed by atoms with Gasteiger partial charge >= 0.3 is 0 Å². The summed E-state index contributed by atoms with van der Waals surface area (Å²) in [5.41, 5.74) is 1.02. The van der Waals surface area contributed by atoms with Crippen LogP contribution in [0, 0.1) is 0 Å². The number of amides is 2. The van der Waals surface area contributed by atoms with Gasteiger partial charge in [0, 0.05) is 17.8 Å². The fraction of sp³-hybridized carbons (Fsp3) is 0.278. The lowest BCUT2D eigenvalue weighted by atomic mass is 10.1. The first-order valence-corrected chi connectivity index (χ1v) is 9.78. The van der Waals surface area contributed by atoms with Crippen LogP contribution in [-0.4, -0.2) is 35.6 Å². The van der Waals surface area contributed by atoms with Crippen molar-refractivity contribution >= 4 is 21.8 Å². The van der Waals surface area contributed by atoms with E-state index in [0.717, 1.165) is 4.31 Å². The molecule has 1 aromatic carbocycles. The number of carbonyl (C=O) groups excluding carboxylic acids is 2. The number of sulfonamides is 1. The summed E-state index contributed by atoms with van der Waals surface area (Å²) in [7, 11) is -3.88. The van der Waals surface area contributed by atoms with Crippen LogP contribution < -0.4 is 5.32 Å². The molecular formula is C18H17N3O4S. The third-order valence-corrected chi connectivity index (χ3v) is 6.44. The van der Waals surface area contributed by atoms with Crippen LogP contribution in [0.2, 0.25) is 0 Å². The van der Waals surface area contributed by atoms with Crippen molar-refractivity contribution in [3.63, 3.8) is 0 Å². The minimum Gasteiger partial charge on any atom is -0.344 e. The van der Waals surface area contributed by atoms with Gasteiger partial charge in [0.15, 0.2) is 0 Å². The second kappa shape index (κ2) is 5.91. The van der Waals surface area contributed by atoms with Crippen LogP contribution in [0.5, 0.6) is 0 Å². The lowest BCUT2D eigenvalue weighted by Crippen LogP contribution is -2.32. The molecule has 0 saturated heterocycles. The van der Waals surface area contributed by atoms with Gasteiger partial charge in [0.1, 0.15) is 4.90 Å². The van der Waals surface area contributed by atoms with E-state index in [-0.39, 0.29) is 28.1 Å². The highest BCUT2D eigenvalue weighted by molar-refractivity contribution is 7.90. The third-order valence-electron chi connectivity index (χ3n) is 4.57. The molecule has 4 rings (SSSR count). The van der Waals surface area contributed by atoms with E-state index in [2.05, 4.69) is 10.3 Å². The zero-order valence-electron chi connectivity index (χ0n) is 14.0. The topological polar surface area (TPSA) is 96.4 Å². The maximum absolute atomic E-state index is 12.7. The molecule has 1 fully saturated rings. The van der Waals surface area contributed by atoms with E-state index in [9.17, 15) is 18.0 Å². The molecule has 134 valence electrons. The predicted molar refractivity (Wildman–Crippen MR) is 92.9 cm³/mol. The van der Waals surface area contributed by atoms with Gasteiger partial charge in [-0.2, -0.15) is 0 Å². The Bertz CT molecular complexity index is 1000. The average Bonchev–Trinajstić information content (AvgIpc) is 3.43. The molecule has 8 heteroatoms. The Balaban J connectivity index is 1.61. The molecule has 1 aliphatic carbocycles. The summed E-state index contributed by atoms with van der Waals surface area (Å²) >= 11 is 0. The van der Waals surface area contributed by atoms with Gasteiger partial charge in [-0.3, -0.25) is 14.6 Å². The molecular weight excluding hydrogens is 354 g/mol. The summed E-state index contributed by atoms with van der Waals surface area (Å²) in [6, 6.07) is 8.99. The molecule has 1 aliphatic heterocycles. The monoisotopic (exact) mass is 371 g/mol. The fourth-order valence-corrected chi connectivity index (χ4v) is 4.89. The summed E-state index contributed by atoms with van der Waals surface area (Å²) in [4.78, 5) is 29.0. The normalized spacial score (nSPS) is 19.1. The number of hydrogen-bond donors (Lipinski definition) is 1. The van der Waals surface area contributed by atoms with Crippen LogP contribution in [0.4, 0.5) is 0 Å². The van der Waals surface area contributed by atoms with E-state index in [1.807, 2.05) is 6.07 Å². The van der Waals surface area contributed by atoms with Crippen molar-refractivity contribution < 1.29 is 18.0 Å². The standard InChI is InChI=1S/C18H17N3O4S/c1-11(15-4-2-3-9-19-15)20-17(22)12-5-8-14-16(10-12)26(24,25)21(18(14)23)13-6-7-13/h2-5,8-11,13H,6-7H2,1H3,(H,20,22)/t11-/m0/s1. The van der Waals surface area contributed by atoms with Crippen molar-refractivity contribution in [1.29, 1.82) is 0 Å². The first kappa shape index (κ1) is 16.7. The second-order valence-corrected chi connectivity index (χ2v) is 8.28. The molecule has 2 amide bonds. The van der Waals surface area contributed by atoms with E-state index >= 15 is 0 Å². The fourth-order valence-electron chi connectivity index (χ4n) is 3.04. The van der Waals surface area contributed by atoms with Crippen LogP contribution in [0.25, 0.3) is 0 Å². The number of benzene rings is 1. The molecule has 0 bridgehead atoms. The highest BCUT2D eigenvalue weighted by Gasteiger charge is 2.48. The largest absolute Gasteiger partial charge is 0.344 e. The highest BCUT2D eigenvalue weighted by atomic mass is 32.2. The SMILES string of the molecule is C[C@H](NC(=O)c1ccc2c(c1)S(=O)(=O)N(C1CC1)C2=O)c1ccccn1. The van der Waals surface area contributed by atoms with E-state index in [1.165, 1.54) is 18.2 Å². The Morgan fingerprint density at radius 1 is 1.27 bits per heavy atom. The number of rotatable bonds is 4. The number of nitrogens with zero attached hydrogens (tertiary/aromatic N) is 2. The number of hydrogen-bond acceptors (Lipinski definition) is 5. The summed E-state index contributed by atoms with van der Waals surface area (Å²) in [6.07, 6.45) is 3.01. The van der Waals surface area contributed by atoms with Gasteiger partial charge in [0.2, 0.25) is 0 Å². The summed E-state index contributed by atoms with van der Waals surface area (Å²) in [5, 5.41) is 2.79. The minimum atomic E-state index is -3.88. The molecule has 2 aliphatic rings. The van der Waals surface area contributed by atoms with Crippen molar-refractivity contribution in [1.82, 2.24) is 14.6 Å². The lowest BCUT2D eigenvalue weighted by molar-refractivity contribution is 0.0863. The Morgan fingerprint density at radius 3 is 2.69 bits per heavy atom. The first-order chi connectivity index (χ1) is 12.4. The molecule has 2 aromatic rings. The van der Waals surface area contributed by atoms with Gasteiger partial charge in [-0.15, -0.1) is 0 Å². The molecule has 1 aromatic heterocycles. The van der Waals surface area contributed by atoms with Gasteiger partial charge < -0.3 is 5.32 Å². The Labute approximate surface area is 151 Å². The van der Waals surface area contributed by atoms with E-state index in [1.54, 1.807) is 25.3 Å². The van der Waals surface area contributed by atoms with Crippen LogP contribution in [0.1, 0.15) is 52.2 Å². The lowest BCUT2D eigenvalue weighted by Gasteiger charge is -2.14. The van der Waals surface area contributed by atoms with Gasteiger partial charge in [-0.05, 0) is 50.1 Å². The van der Waals surface area contributed by atoms with Crippen molar-refractivity contribution in [2.75, 3.05) is 0 Å². The van der Waals surface area contributed by atoms with Gasteiger partial charge in [0.05, 0.1) is 17.3 Å². The molecule has 1 N–H and O–H groups in total. The van der Waals surface area contributed by atoms with Crippen LogP contribution >= 0.6 is 0 Å².